The first-order chi connectivity index (χ1) is 6.00. The minimum atomic E-state index is -2.09. The zero-order chi connectivity index (χ0) is 10.2. The summed E-state index contributed by atoms with van der Waals surface area (Å²) >= 11 is 0. The lowest BCUT2D eigenvalue weighted by Crippen LogP contribution is -2.06. The van der Waals surface area contributed by atoms with Crippen molar-refractivity contribution < 1.29 is 22.0 Å². The van der Waals surface area contributed by atoms with Crippen LogP contribution in [0.4, 0.5) is 22.0 Å². The van der Waals surface area contributed by atoms with Gasteiger partial charge in [-0.05, 0) is 13.4 Å². The molecule has 0 heterocycles. The van der Waals surface area contributed by atoms with Gasteiger partial charge in [-0.3, -0.25) is 0 Å². The maximum atomic E-state index is 12.7. The monoisotopic (exact) mass is 195 g/mol. The van der Waals surface area contributed by atoms with E-state index in [1.54, 1.807) is 0 Å². The normalized spacial score (nSPS) is 10.6. The van der Waals surface area contributed by atoms with Gasteiger partial charge in [-0.25, -0.2) is 22.0 Å². The summed E-state index contributed by atoms with van der Waals surface area (Å²) in [6.45, 7) is 0. The first-order valence-electron chi connectivity index (χ1n) is 2.80. The molecule has 0 saturated carbocycles. The lowest BCUT2D eigenvalue weighted by Gasteiger charge is -2.06. The lowest BCUT2D eigenvalue weighted by atomic mass is 9.95. The third-order valence-corrected chi connectivity index (χ3v) is 1.30. The number of rotatable bonds is 1. The fourth-order valence-corrected chi connectivity index (χ4v) is 0.650. The molecule has 0 atom stereocenters. The van der Waals surface area contributed by atoms with Crippen molar-refractivity contribution in [3.8, 4) is 0 Å². The fraction of sp³-hybridized carbons (Fsp3) is 0.143. The summed E-state index contributed by atoms with van der Waals surface area (Å²) in [5.41, 5.74) is -0.670. The Balaban J connectivity index is 3.56. The highest BCUT2D eigenvalue weighted by Crippen LogP contribution is 2.22. The summed E-state index contributed by atoms with van der Waals surface area (Å²) in [4.78, 5) is 0. The Bertz CT molecular complexity index is 320. The minimum absolute atomic E-state index is 0.00574. The third-order valence-electron chi connectivity index (χ3n) is 1.30. The molecule has 0 aliphatic rings. The van der Waals surface area contributed by atoms with Crippen molar-refractivity contribution in [2.45, 2.75) is 6.32 Å². The van der Waals surface area contributed by atoms with Gasteiger partial charge >= 0.3 is 0 Å². The van der Waals surface area contributed by atoms with Crippen LogP contribution in [-0.2, 0) is 6.32 Å². The summed E-state index contributed by atoms with van der Waals surface area (Å²) in [5, 5.41) is 0. The molecule has 0 fully saturated rings. The van der Waals surface area contributed by atoms with Crippen molar-refractivity contribution in [3.63, 3.8) is 0 Å². The Hall–Kier alpha value is -1.07. The summed E-state index contributed by atoms with van der Waals surface area (Å²) in [6.07, 6.45) is 0.00574. The van der Waals surface area contributed by atoms with Crippen molar-refractivity contribution in [2.24, 2.45) is 0 Å². The molecular formula is C7H5BF5-. The van der Waals surface area contributed by atoms with Gasteiger partial charge in [0.1, 0.15) is 0 Å². The Morgan fingerprint density at radius 3 is 1.31 bits per heavy atom. The van der Waals surface area contributed by atoms with Gasteiger partial charge in [-0.1, -0.05) is 0 Å². The van der Waals surface area contributed by atoms with E-state index in [1.165, 1.54) is 0 Å². The molecule has 0 amide bonds. The lowest BCUT2D eigenvalue weighted by molar-refractivity contribution is 0.372. The van der Waals surface area contributed by atoms with Gasteiger partial charge in [0, 0.05) is 0 Å². The molecule has 0 radical (unpaired) electrons. The van der Waals surface area contributed by atoms with Crippen molar-refractivity contribution in [2.75, 3.05) is 0 Å². The summed E-state index contributed by atoms with van der Waals surface area (Å²) in [6, 6.07) is 0. The molecule has 1 aromatic carbocycles. The van der Waals surface area contributed by atoms with E-state index < -0.39 is 42.5 Å². The molecule has 0 spiro atoms. The Kier molecular flexibility index (Phi) is 2.59. The van der Waals surface area contributed by atoms with E-state index in [2.05, 4.69) is 0 Å². The molecule has 0 unspecified atom stereocenters. The highest BCUT2D eigenvalue weighted by Gasteiger charge is 2.23. The van der Waals surface area contributed by atoms with Crippen molar-refractivity contribution >= 4 is 7.85 Å². The second-order valence-electron chi connectivity index (χ2n) is 2.05. The van der Waals surface area contributed by atoms with E-state index in [0.29, 0.717) is 0 Å². The highest BCUT2D eigenvalue weighted by atomic mass is 19.2. The molecule has 13 heavy (non-hydrogen) atoms. The van der Waals surface area contributed by atoms with E-state index in [-0.39, 0.29) is 6.32 Å². The van der Waals surface area contributed by atoms with Gasteiger partial charge in [-0.2, -0.15) is 6.32 Å². The average Bonchev–Trinajstić information content (AvgIpc) is 2.13. The SMILES string of the molecule is [BH3-]Cc1c(F)c(F)c(F)c(F)c1F. The highest BCUT2D eigenvalue weighted by molar-refractivity contribution is 6.08. The molecule has 72 valence electrons. The van der Waals surface area contributed by atoms with Crippen LogP contribution in [0.1, 0.15) is 5.56 Å². The van der Waals surface area contributed by atoms with Crippen LogP contribution in [0.15, 0.2) is 0 Å². The largest absolute Gasteiger partial charge is 0.203 e. The minimum Gasteiger partial charge on any atom is -0.203 e. The van der Waals surface area contributed by atoms with Gasteiger partial charge in [0.25, 0.3) is 0 Å². The van der Waals surface area contributed by atoms with E-state index in [0.717, 1.165) is 0 Å². The number of hydrogen-bond donors (Lipinski definition) is 0. The van der Waals surface area contributed by atoms with Crippen LogP contribution in [0, 0.1) is 29.1 Å². The third kappa shape index (κ3) is 1.40. The molecule has 0 saturated heterocycles. The quantitative estimate of drug-likeness (QED) is 0.273. The molecule has 0 aromatic heterocycles. The number of benzene rings is 1. The molecule has 6 heteroatoms. The maximum Gasteiger partial charge on any atom is 0.200 e. The first kappa shape index (κ1) is 10.0. The van der Waals surface area contributed by atoms with Gasteiger partial charge in [0.05, 0.1) is 0 Å². The van der Waals surface area contributed by atoms with E-state index in [9.17, 15) is 22.0 Å². The van der Waals surface area contributed by atoms with Gasteiger partial charge < -0.3 is 0 Å². The zero-order valence-electron chi connectivity index (χ0n) is 5.60. The first-order valence-corrected chi connectivity index (χ1v) is 2.80. The van der Waals surface area contributed by atoms with Crippen LogP contribution < -0.4 is 0 Å². The standard InChI is InChI=1S/C7H5BF5/c8-1-2-3(9)5(11)7(13)6(12)4(2)10/h1H2,8H3/q-1. The predicted octanol–water partition coefficient (Wildman–Crippen LogP) is 1.25. The average molecular weight is 195 g/mol. The van der Waals surface area contributed by atoms with E-state index in [1.807, 2.05) is 0 Å². The Labute approximate surface area is 71.8 Å². The molecule has 0 aliphatic heterocycles. The molecule has 0 bridgehead atoms. The van der Waals surface area contributed by atoms with Gasteiger partial charge in [-0.15, -0.1) is 0 Å². The van der Waals surface area contributed by atoms with Crippen LogP contribution in [0.5, 0.6) is 0 Å². The molecule has 0 aliphatic carbocycles. The Morgan fingerprint density at radius 2 is 1.00 bits per heavy atom. The maximum absolute atomic E-state index is 12.7. The van der Waals surface area contributed by atoms with Crippen LogP contribution in [0.25, 0.3) is 0 Å². The summed E-state index contributed by atoms with van der Waals surface area (Å²) < 4.78 is 62.8. The Morgan fingerprint density at radius 1 is 0.692 bits per heavy atom. The van der Waals surface area contributed by atoms with Crippen molar-refractivity contribution in [1.29, 1.82) is 0 Å². The summed E-state index contributed by atoms with van der Waals surface area (Å²) in [5.74, 6) is -9.17. The number of hydrogen-bond acceptors (Lipinski definition) is 0. The molecule has 1 aromatic rings. The smallest absolute Gasteiger partial charge is 0.200 e. The van der Waals surface area contributed by atoms with Crippen LogP contribution >= 0.6 is 0 Å². The molecule has 0 N–H and O–H groups in total. The van der Waals surface area contributed by atoms with Crippen LogP contribution in [0.3, 0.4) is 0 Å². The van der Waals surface area contributed by atoms with Gasteiger partial charge in [0.2, 0.25) is 5.82 Å². The molecular weight excluding hydrogens is 190 g/mol. The van der Waals surface area contributed by atoms with Crippen LogP contribution in [-0.4, -0.2) is 7.85 Å². The number of halogens is 5. The summed E-state index contributed by atoms with van der Waals surface area (Å²) in [7, 11) is -0.446. The molecule has 0 nitrogen and oxygen atoms in total. The second-order valence-corrected chi connectivity index (χ2v) is 2.05. The van der Waals surface area contributed by atoms with Crippen molar-refractivity contribution in [1.82, 2.24) is 0 Å². The second kappa shape index (κ2) is 3.36. The molecule has 1 rings (SSSR count). The zero-order valence-corrected chi connectivity index (χ0v) is 5.60. The van der Waals surface area contributed by atoms with Crippen molar-refractivity contribution in [3.05, 3.63) is 34.6 Å². The van der Waals surface area contributed by atoms with E-state index in [4.69, 9.17) is 0 Å². The van der Waals surface area contributed by atoms with Gasteiger partial charge in [0.15, 0.2) is 23.3 Å². The fourth-order valence-electron chi connectivity index (χ4n) is 0.650. The van der Waals surface area contributed by atoms with E-state index >= 15 is 0 Å². The predicted molar refractivity (Wildman–Crippen MR) is 39.9 cm³/mol. The van der Waals surface area contributed by atoms with Crippen LogP contribution in [0.2, 0.25) is 0 Å². The topological polar surface area (TPSA) is 0 Å².